The Hall–Kier alpha value is -1.86. The molecule has 0 radical (unpaired) electrons. The van der Waals surface area contributed by atoms with Crippen LogP contribution in [0.15, 0.2) is 30.3 Å². The number of thiophene rings is 1. The number of hydrogen-bond acceptors (Lipinski definition) is 4. The van der Waals surface area contributed by atoms with Crippen LogP contribution in [0.25, 0.3) is 10.2 Å². The highest BCUT2D eigenvalue weighted by molar-refractivity contribution is 7.18. The van der Waals surface area contributed by atoms with E-state index in [0.717, 1.165) is 28.8 Å². The number of rotatable bonds is 3. The van der Waals surface area contributed by atoms with Crippen LogP contribution in [0.1, 0.15) is 17.4 Å². The van der Waals surface area contributed by atoms with Gasteiger partial charge in [0.2, 0.25) is 5.28 Å². The van der Waals surface area contributed by atoms with E-state index in [9.17, 15) is 13.2 Å². The van der Waals surface area contributed by atoms with E-state index < -0.39 is 11.7 Å². The molecule has 3 nitrogen and oxygen atoms in total. The van der Waals surface area contributed by atoms with E-state index in [1.165, 1.54) is 17.4 Å². The molecule has 0 saturated heterocycles. The van der Waals surface area contributed by atoms with Crippen molar-refractivity contribution in [2.45, 2.75) is 19.5 Å². The van der Waals surface area contributed by atoms with Gasteiger partial charge in [-0.2, -0.15) is 18.2 Å². The van der Waals surface area contributed by atoms with Crippen LogP contribution >= 0.6 is 22.9 Å². The number of benzene rings is 1. The number of aromatic nitrogens is 2. The predicted octanol–water partition coefficient (Wildman–Crippen LogP) is 5.67. The van der Waals surface area contributed by atoms with Gasteiger partial charge >= 0.3 is 6.18 Å². The van der Waals surface area contributed by atoms with E-state index in [1.54, 1.807) is 6.07 Å². The second-order valence-electron chi connectivity index (χ2n) is 4.83. The Bertz CT molecular complexity index is 861. The van der Waals surface area contributed by atoms with Crippen LogP contribution in [0.5, 0.6) is 0 Å². The molecule has 3 rings (SSSR count). The van der Waals surface area contributed by atoms with Crippen molar-refractivity contribution in [1.82, 2.24) is 9.97 Å². The first kappa shape index (κ1) is 16.0. The van der Waals surface area contributed by atoms with Gasteiger partial charge in [-0.05, 0) is 42.3 Å². The Labute approximate surface area is 139 Å². The van der Waals surface area contributed by atoms with E-state index in [-0.39, 0.29) is 5.28 Å². The molecule has 2 heterocycles. The van der Waals surface area contributed by atoms with Gasteiger partial charge in [0.05, 0.1) is 10.9 Å². The molecule has 120 valence electrons. The molecule has 0 aliphatic heterocycles. The highest BCUT2D eigenvalue weighted by Gasteiger charge is 2.30. The average Bonchev–Trinajstić information content (AvgIpc) is 2.90. The highest BCUT2D eigenvalue weighted by Crippen LogP contribution is 2.34. The number of alkyl halides is 3. The molecule has 1 aromatic carbocycles. The fourth-order valence-electron chi connectivity index (χ4n) is 2.12. The lowest BCUT2D eigenvalue weighted by Crippen LogP contribution is -2.05. The summed E-state index contributed by atoms with van der Waals surface area (Å²) in [7, 11) is 0. The van der Waals surface area contributed by atoms with E-state index in [0.29, 0.717) is 16.3 Å². The number of aryl methyl sites for hydroxylation is 1. The minimum absolute atomic E-state index is 0.0523. The number of fused-ring (bicyclic) bond motifs is 1. The third-order valence-corrected chi connectivity index (χ3v) is 4.56. The molecule has 0 fully saturated rings. The maximum Gasteiger partial charge on any atom is 0.416 e. The first-order valence-corrected chi connectivity index (χ1v) is 7.96. The molecule has 0 aliphatic carbocycles. The topological polar surface area (TPSA) is 37.8 Å². The second kappa shape index (κ2) is 5.98. The Balaban J connectivity index is 2.03. The van der Waals surface area contributed by atoms with Gasteiger partial charge in [0.25, 0.3) is 0 Å². The molecule has 1 N–H and O–H groups in total. The third-order valence-electron chi connectivity index (χ3n) is 3.22. The van der Waals surface area contributed by atoms with Crippen molar-refractivity contribution in [3.05, 3.63) is 46.1 Å². The number of halogens is 4. The molecule has 0 spiro atoms. The minimum atomic E-state index is -4.39. The van der Waals surface area contributed by atoms with Gasteiger partial charge in [-0.1, -0.05) is 13.0 Å². The summed E-state index contributed by atoms with van der Waals surface area (Å²) >= 11 is 7.40. The molecule has 23 heavy (non-hydrogen) atoms. The first-order valence-electron chi connectivity index (χ1n) is 6.77. The van der Waals surface area contributed by atoms with Crippen LogP contribution in [0.2, 0.25) is 5.28 Å². The summed E-state index contributed by atoms with van der Waals surface area (Å²) in [5, 5.41) is 3.71. The molecule has 0 saturated carbocycles. The zero-order valence-electron chi connectivity index (χ0n) is 11.9. The van der Waals surface area contributed by atoms with Crippen LogP contribution in [0.3, 0.4) is 0 Å². The summed E-state index contributed by atoms with van der Waals surface area (Å²) < 4.78 is 38.4. The average molecular weight is 358 g/mol. The Morgan fingerprint density at radius 1 is 1.22 bits per heavy atom. The van der Waals surface area contributed by atoms with Crippen molar-refractivity contribution >= 4 is 44.7 Å². The normalized spacial score (nSPS) is 11.9. The molecule has 2 aromatic heterocycles. The maximum atomic E-state index is 12.8. The summed E-state index contributed by atoms with van der Waals surface area (Å²) in [4.78, 5) is 10.1. The monoisotopic (exact) mass is 357 g/mol. The van der Waals surface area contributed by atoms with E-state index in [2.05, 4.69) is 15.3 Å². The van der Waals surface area contributed by atoms with Crippen LogP contribution < -0.4 is 5.32 Å². The summed E-state index contributed by atoms with van der Waals surface area (Å²) in [6.45, 7) is 2.01. The molecule has 0 bridgehead atoms. The Kier molecular flexibility index (Phi) is 4.16. The van der Waals surface area contributed by atoms with Gasteiger partial charge in [-0.15, -0.1) is 11.3 Å². The van der Waals surface area contributed by atoms with Crippen molar-refractivity contribution in [2.24, 2.45) is 0 Å². The molecular formula is C15H11ClF3N3S. The fourth-order valence-corrected chi connectivity index (χ4v) is 3.31. The summed E-state index contributed by atoms with van der Waals surface area (Å²) in [6.07, 6.45) is -3.56. The smallest absolute Gasteiger partial charge is 0.340 e. The zero-order valence-corrected chi connectivity index (χ0v) is 13.5. The van der Waals surface area contributed by atoms with E-state index in [1.807, 2.05) is 13.0 Å². The van der Waals surface area contributed by atoms with Crippen LogP contribution in [0, 0.1) is 0 Å². The lowest BCUT2D eigenvalue weighted by molar-refractivity contribution is -0.137. The quantitative estimate of drug-likeness (QED) is 0.614. The van der Waals surface area contributed by atoms with Gasteiger partial charge in [-0.3, -0.25) is 0 Å². The van der Waals surface area contributed by atoms with Gasteiger partial charge in [-0.25, -0.2) is 4.98 Å². The van der Waals surface area contributed by atoms with Crippen LogP contribution in [0.4, 0.5) is 24.7 Å². The lowest BCUT2D eigenvalue weighted by atomic mass is 10.2. The van der Waals surface area contributed by atoms with Crippen molar-refractivity contribution in [3.63, 3.8) is 0 Å². The van der Waals surface area contributed by atoms with Gasteiger partial charge in [0.1, 0.15) is 10.6 Å². The molecule has 3 aromatic rings. The number of anilines is 2. The minimum Gasteiger partial charge on any atom is -0.340 e. The van der Waals surface area contributed by atoms with Crippen LogP contribution in [-0.2, 0) is 12.6 Å². The van der Waals surface area contributed by atoms with E-state index in [4.69, 9.17) is 11.6 Å². The van der Waals surface area contributed by atoms with Gasteiger partial charge in [0.15, 0.2) is 0 Å². The second-order valence-corrected chi connectivity index (χ2v) is 6.28. The summed E-state index contributed by atoms with van der Waals surface area (Å²) in [6, 6.07) is 6.87. The lowest BCUT2D eigenvalue weighted by Gasteiger charge is -2.10. The van der Waals surface area contributed by atoms with Crippen molar-refractivity contribution in [2.75, 3.05) is 5.32 Å². The van der Waals surface area contributed by atoms with Gasteiger partial charge in [0, 0.05) is 10.6 Å². The number of nitrogens with zero attached hydrogens (tertiary/aromatic N) is 2. The molecule has 0 unspecified atom stereocenters. The molecule has 8 heteroatoms. The number of nitrogens with one attached hydrogen (secondary N) is 1. The largest absolute Gasteiger partial charge is 0.416 e. The first-order chi connectivity index (χ1) is 10.9. The fraction of sp³-hybridized carbons (Fsp3) is 0.200. The zero-order chi connectivity index (χ0) is 16.6. The molecule has 0 atom stereocenters. The molecule has 0 amide bonds. The van der Waals surface area contributed by atoms with Crippen molar-refractivity contribution in [3.8, 4) is 0 Å². The van der Waals surface area contributed by atoms with Crippen molar-refractivity contribution in [1.29, 1.82) is 0 Å². The molecule has 0 aliphatic rings. The third kappa shape index (κ3) is 3.40. The molecular weight excluding hydrogens is 347 g/mol. The maximum absolute atomic E-state index is 12.8. The van der Waals surface area contributed by atoms with Crippen molar-refractivity contribution < 1.29 is 13.2 Å². The van der Waals surface area contributed by atoms with Crippen LogP contribution in [-0.4, -0.2) is 9.97 Å². The number of hydrogen-bond donors (Lipinski definition) is 1. The predicted molar refractivity (Wildman–Crippen MR) is 86.5 cm³/mol. The standard InChI is InChI=1S/C15H11ClF3N3S/c1-2-10-7-11-12(21-14(16)22-13(11)23-10)20-9-5-3-4-8(6-9)15(17,18)19/h3-7H,2H2,1H3,(H,20,21,22). The summed E-state index contributed by atoms with van der Waals surface area (Å²) in [5.41, 5.74) is -0.432. The van der Waals surface area contributed by atoms with E-state index >= 15 is 0 Å². The Morgan fingerprint density at radius 3 is 2.70 bits per heavy atom. The highest BCUT2D eigenvalue weighted by atomic mass is 35.5. The summed E-state index contributed by atoms with van der Waals surface area (Å²) in [5.74, 6) is 0.398. The Morgan fingerprint density at radius 2 is 2.00 bits per heavy atom. The van der Waals surface area contributed by atoms with Gasteiger partial charge < -0.3 is 5.32 Å². The SMILES string of the molecule is CCc1cc2c(Nc3cccc(C(F)(F)F)c3)nc(Cl)nc2s1.